The molecule has 0 bridgehead atoms. The molecule has 0 aliphatic heterocycles. The van der Waals surface area contributed by atoms with Crippen LogP contribution < -0.4 is 15.4 Å². The highest BCUT2D eigenvalue weighted by Gasteiger charge is 2.10. The molecule has 0 spiro atoms. The summed E-state index contributed by atoms with van der Waals surface area (Å²) in [7, 11) is 0. The highest BCUT2D eigenvalue weighted by Crippen LogP contribution is 2.13. The highest BCUT2D eigenvalue weighted by molar-refractivity contribution is 7.12. The molecule has 7 heteroatoms. The lowest BCUT2D eigenvalue weighted by molar-refractivity contribution is -0.120. The summed E-state index contributed by atoms with van der Waals surface area (Å²) in [6, 6.07) is 7.12. The zero-order valence-corrected chi connectivity index (χ0v) is 13.0. The number of nitrogens with zero attached hydrogens (tertiary/aromatic N) is 1. The van der Waals surface area contributed by atoms with Gasteiger partial charge in [0.05, 0.1) is 18.0 Å². The van der Waals surface area contributed by atoms with E-state index in [9.17, 15) is 9.59 Å². The molecule has 2 aromatic rings. The van der Waals surface area contributed by atoms with Gasteiger partial charge in [-0.25, -0.2) is 4.98 Å². The smallest absolute Gasteiger partial charge is 0.261 e. The number of thiophene rings is 1. The fraction of sp³-hybridized carbons (Fsp3) is 0.267. The number of nitrogens with one attached hydrogen (secondary N) is 2. The Labute approximate surface area is 132 Å². The molecule has 0 unspecified atom stereocenters. The maximum Gasteiger partial charge on any atom is 0.261 e. The maximum absolute atomic E-state index is 11.8. The largest absolute Gasteiger partial charge is 0.478 e. The molecule has 2 heterocycles. The second-order valence-corrected chi connectivity index (χ2v) is 5.29. The Morgan fingerprint density at radius 2 is 2.14 bits per heavy atom. The normalized spacial score (nSPS) is 10.0. The molecule has 6 nitrogen and oxygen atoms in total. The van der Waals surface area contributed by atoms with E-state index >= 15 is 0 Å². The summed E-state index contributed by atoms with van der Waals surface area (Å²) >= 11 is 1.33. The lowest BCUT2D eigenvalue weighted by Gasteiger charge is -2.10. The molecule has 116 valence electrons. The van der Waals surface area contributed by atoms with Crippen molar-refractivity contribution in [2.75, 3.05) is 13.2 Å². The molecular weight excluding hydrogens is 302 g/mol. The van der Waals surface area contributed by atoms with Crippen molar-refractivity contribution < 1.29 is 14.3 Å². The molecule has 22 heavy (non-hydrogen) atoms. The van der Waals surface area contributed by atoms with Gasteiger partial charge in [0.15, 0.2) is 0 Å². The van der Waals surface area contributed by atoms with E-state index in [2.05, 4.69) is 15.6 Å². The second-order valence-electron chi connectivity index (χ2n) is 4.34. The van der Waals surface area contributed by atoms with Gasteiger partial charge in [0, 0.05) is 18.3 Å². The Balaban J connectivity index is 1.79. The average molecular weight is 319 g/mol. The minimum atomic E-state index is -0.267. The van der Waals surface area contributed by atoms with Crippen LogP contribution in [-0.2, 0) is 11.3 Å². The van der Waals surface area contributed by atoms with Crippen LogP contribution in [-0.4, -0.2) is 29.9 Å². The van der Waals surface area contributed by atoms with Crippen molar-refractivity contribution in [3.05, 3.63) is 46.3 Å². The van der Waals surface area contributed by atoms with Crippen LogP contribution in [0, 0.1) is 0 Å². The minimum absolute atomic E-state index is 0.0685. The van der Waals surface area contributed by atoms with Crippen LogP contribution in [0.1, 0.15) is 22.2 Å². The van der Waals surface area contributed by atoms with Gasteiger partial charge in [-0.05, 0) is 24.4 Å². The molecule has 0 aromatic carbocycles. The van der Waals surface area contributed by atoms with E-state index in [-0.39, 0.29) is 18.4 Å². The van der Waals surface area contributed by atoms with Gasteiger partial charge in [-0.15, -0.1) is 11.3 Å². The van der Waals surface area contributed by atoms with E-state index in [1.807, 2.05) is 18.4 Å². The van der Waals surface area contributed by atoms with Crippen molar-refractivity contribution in [1.29, 1.82) is 0 Å². The first-order chi connectivity index (χ1) is 10.7. The predicted molar refractivity (Wildman–Crippen MR) is 83.9 cm³/mol. The summed E-state index contributed by atoms with van der Waals surface area (Å²) in [5.74, 6) is -0.00865. The molecule has 0 radical (unpaired) electrons. The van der Waals surface area contributed by atoms with E-state index in [0.717, 1.165) is 5.56 Å². The first-order valence-electron chi connectivity index (χ1n) is 6.85. The molecule has 0 saturated carbocycles. The van der Waals surface area contributed by atoms with Crippen LogP contribution in [0.3, 0.4) is 0 Å². The first-order valence-corrected chi connectivity index (χ1v) is 7.73. The summed E-state index contributed by atoms with van der Waals surface area (Å²) < 4.78 is 5.39. The molecule has 0 fully saturated rings. The molecule has 0 atom stereocenters. The number of carbonyl (C=O) groups excluding carboxylic acids is 2. The molecule has 2 aromatic heterocycles. The summed E-state index contributed by atoms with van der Waals surface area (Å²) in [6.07, 6.45) is 1.64. The van der Waals surface area contributed by atoms with Crippen LogP contribution in [0.25, 0.3) is 0 Å². The van der Waals surface area contributed by atoms with Crippen molar-refractivity contribution >= 4 is 23.2 Å². The van der Waals surface area contributed by atoms with Crippen LogP contribution >= 0.6 is 11.3 Å². The number of pyridine rings is 1. The van der Waals surface area contributed by atoms with Crippen molar-refractivity contribution in [3.63, 3.8) is 0 Å². The van der Waals surface area contributed by atoms with Crippen LogP contribution in [0.4, 0.5) is 0 Å². The number of hydrogen-bond acceptors (Lipinski definition) is 5. The number of rotatable bonds is 7. The monoisotopic (exact) mass is 319 g/mol. The third-order valence-corrected chi connectivity index (χ3v) is 3.63. The Kier molecular flexibility index (Phi) is 5.91. The summed E-state index contributed by atoms with van der Waals surface area (Å²) in [6.45, 7) is 2.61. The standard InChI is InChI=1S/C15H17N3O3S/c1-2-21-15-11(5-3-7-16-15)9-17-13(19)10-18-14(20)12-6-4-8-22-12/h3-8H,2,9-10H2,1H3,(H,17,19)(H,18,20). The second kappa shape index (κ2) is 8.14. The lowest BCUT2D eigenvalue weighted by atomic mass is 10.2. The molecule has 0 saturated heterocycles. The summed E-state index contributed by atoms with van der Waals surface area (Å²) in [5.41, 5.74) is 0.794. The number of hydrogen-bond donors (Lipinski definition) is 2. The zero-order chi connectivity index (χ0) is 15.8. The third kappa shape index (κ3) is 4.56. The van der Waals surface area contributed by atoms with Gasteiger partial charge in [-0.2, -0.15) is 0 Å². The lowest BCUT2D eigenvalue weighted by Crippen LogP contribution is -2.36. The zero-order valence-electron chi connectivity index (χ0n) is 12.2. The SMILES string of the molecule is CCOc1ncccc1CNC(=O)CNC(=O)c1cccs1. The van der Waals surface area contributed by atoms with Crippen molar-refractivity contribution in [3.8, 4) is 5.88 Å². The highest BCUT2D eigenvalue weighted by atomic mass is 32.1. The topological polar surface area (TPSA) is 80.3 Å². The van der Waals surface area contributed by atoms with Crippen molar-refractivity contribution in [1.82, 2.24) is 15.6 Å². The molecule has 0 aliphatic carbocycles. The van der Waals surface area contributed by atoms with Gasteiger partial charge in [-0.3, -0.25) is 9.59 Å². The van der Waals surface area contributed by atoms with E-state index in [1.165, 1.54) is 11.3 Å². The average Bonchev–Trinajstić information content (AvgIpc) is 3.06. The number of amides is 2. The van der Waals surface area contributed by atoms with Crippen LogP contribution in [0.5, 0.6) is 5.88 Å². The molecule has 2 rings (SSSR count). The molecule has 2 N–H and O–H groups in total. The van der Waals surface area contributed by atoms with Gasteiger partial charge in [-0.1, -0.05) is 12.1 Å². The van der Waals surface area contributed by atoms with E-state index in [4.69, 9.17) is 4.74 Å². The quantitative estimate of drug-likeness (QED) is 0.812. The van der Waals surface area contributed by atoms with Gasteiger partial charge >= 0.3 is 0 Å². The van der Waals surface area contributed by atoms with Gasteiger partial charge in [0.1, 0.15) is 0 Å². The Morgan fingerprint density at radius 1 is 1.27 bits per heavy atom. The Morgan fingerprint density at radius 3 is 2.86 bits per heavy atom. The first kappa shape index (κ1) is 16.0. The Hall–Kier alpha value is -2.41. The van der Waals surface area contributed by atoms with Crippen molar-refractivity contribution in [2.24, 2.45) is 0 Å². The van der Waals surface area contributed by atoms with Gasteiger partial charge < -0.3 is 15.4 Å². The number of ether oxygens (including phenoxy) is 1. The maximum atomic E-state index is 11.8. The van der Waals surface area contributed by atoms with Crippen LogP contribution in [0.15, 0.2) is 35.8 Å². The third-order valence-electron chi connectivity index (χ3n) is 2.76. The molecular formula is C15H17N3O3S. The van der Waals surface area contributed by atoms with E-state index < -0.39 is 0 Å². The minimum Gasteiger partial charge on any atom is -0.478 e. The summed E-state index contributed by atoms with van der Waals surface area (Å²) in [5, 5.41) is 7.11. The van der Waals surface area contributed by atoms with E-state index in [1.54, 1.807) is 24.4 Å². The Bertz CT molecular complexity index is 629. The van der Waals surface area contributed by atoms with Gasteiger partial charge in [0.2, 0.25) is 11.8 Å². The molecule has 2 amide bonds. The fourth-order valence-electron chi connectivity index (χ4n) is 1.74. The van der Waals surface area contributed by atoms with E-state index in [0.29, 0.717) is 23.9 Å². The number of carbonyl (C=O) groups is 2. The van der Waals surface area contributed by atoms with Gasteiger partial charge in [0.25, 0.3) is 5.91 Å². The van der Waals surface area contributed by atoms with Crippen molar-refractivity contribution in [2.45, 2.75) is 13.5 Å². The predicted octanol–water partition coefficient (Wildman–Crippen LogP) is 1.59. The summed E-state index contributed by atoms with van der Waals surface area (Å²) in [4.78, 5) is 28.2. The number of aromatic nitrogens is 1. The molecule has 0 aliphatic rings. The van der Waals surface area contributed by atoms with Crippen LogP contribution in [0.2, 0.25) is 0 Å². The fourth-order valence-corrected chi connectivity index (χ4v) is 2.38.